The molecule has 2 aromatic rings. The molecule has 0 saturated carbocycles. The van der Waals surface area contributed by atoms with Gasteiger partial charge in [-0.2, -0.15) is 4.98 Å². The highest BCUT2D eigenvalue weighted by Gasteiger charge is 2.31. The Morgan fingerprint density at radius 1 is 1.26 bits per heavy atom. The van der Waals surface area contributed by atoms with Crippen LogP contribution in [0.4, 0.5) is 16.6 Å². The zero-order valence-electron chi connectivity index (χ0n) is 20.0. The maximum atomic E-state index is 12.6. The van der Waals surface area contributed by atoms with Gasteiger partial charge < -0.3 is 20.7 Å². The van der Waals surface area contributed by atoms with Gasteiger partial charge in [-0.25, -0.2) is 19.7 Å². The van der Waals surface area contributed by atoms with Crippen LogP contribution in [0.2, 0.25) is 0 Å². The molecular formula is C23H31N7O3S. The van der Waals surface area contributed by atoms with Crippen molar-refractivity contribution in [1.82, 2.24) is 19.9 Å². The smallest absolute Gasteiger partial charge is 0.404 e. The molecule has 11 heteroatoms. The summed E-state index contributed by atoms with van der Waals surface area (Å²) in [4.78, 5) is 32.3. The van der Waals surface area contributed by atoms with E-state index in [0.29, 0.717) is 41.3 Å². The Kier molecular flexibility index (Phi) is 6.83. The van der Waals surface area contributed by atoms with Crippen LogP contribution < -0.4 is 16.0 Å². The number of rotatable bonds is 7. The van der Waals surface area contributed by atoms with Crippen molar-refractivity contribution >= 4 is 34.2 Å². The largest absolute Gasteiger partial charge is 0.447 e. The molecule has 1 amide bonds. The molecule has 1 unspecified atom stereocenters. The average Bonchev–Trinajstić information content (AvgIpc) is 3.19. The third-order valence-corrected chi connectivity index (χ3v) is 7.28. The fourth-order valence-electron chi connectivity index (χ4n) is 3.87. The highest BCUT2D eigenvalue weighted by molar-refractivity contribution is 7.85. The van der Waals surface area contributed by atoms with Crippen LogP contribution in [0.5, 0.6) is 0 Å². The van der Waals surface area contributed by atoms with E-state index < -0.39 is 22.4 Å². The van der Waals surface area contributed by atoms with E-state index in [9.17, 15) is 9.00 Å². The Labute approximate surface area is 201 Å². The van der Waals surface area contributed by atoms with E-state index >= 15 is 0 Å². The minimum atomic E-state index is -1.17. The lowest BCUT2D eigenvalue weighted by atomic mass is 10.1. The van der Waals surface area contributed by atoms with E-state index in [1.54, 1.807) is 0 Å². The summed E-state index contributed by atoms with van der Waals surface area (Å²) in [6.07, 6.45) is 6.46. The van der Waals surface area contributed by atoms with Gasteiger partial charge in [0.2, 0.25) is 5.95 Å². The number of aryl methyl sites for hydroxylation is 1. The first-order valence-electron chi connectivity index (χ1n) is 11.4. The minimum Gasteiger partial charge on any atom is -0.447 e. The van der Waals surface area contributed by atoms with Crippen LogP contribution in [-0.2, 0) is 22.0 Å². The van der Waals surface area contributed by atoms with E-state index in [4.69, 9.17) is 20.4 Å². The first-order valence-corrected chi connectivity index (χ1v) is 12.7. The molecular weight excluding hydrogens is 454 g/mol. The first kappa shape index (κ1) is 24.1. The summed E-state index contributed by atoms with van der Waals surface area (Å²) in [5.41, 5.74) is 7.48. The fourth-order valence-corrected chi connectivity index (χ4v) is 5.18. The quantitative estimate of drug-likeness (QED) is 0.606. The predicted molar refractivity (Wildman–Crippen MR) is 131 cm³/mol. The first-order chi connectivity index (χ1) is 16.1. The van der Waals surface area contributed by atoms with Crippen molar-refractivity contribution in [2.24, 2.45) is 5.73 Å². The third-order valence-electron chi connectivity index (χ3n) is 5.83. The van der Waals surface area contributed by atoms with Gasteiger partial charge in [0, 0.05) is 37.7 Å². The van der Waals surface area contributed by atoms with E-state index in [-0.39, 0.29) is 6.61 Å². The number of nitrogens with two attached hydrogens (primary N) is 1. The molecule has 4 heterocycles. The normalized spacial score (nSPS) is 18.0. The molecule has 0 aliphatic carbocycles. The highest BCUT2D eigenvalue weighted by Crippen LogP contribution is 2.32. The average molecular weight is 486 g/mol. The Balaban J connectivity index is 1.55. The highest BCUT2D eigenvalue weighted by atomic mass is 32.2. The Morgan fingerprint density at radius 2 is 2.00 bits per heavy atom. The van der Waals surface area contributed by atoms with Gasteiger partial charge >= 0.3 is 6.09 Å². The van der Waals surface area contributed by atoms with E-state index in [1.165, 1.54) is 0 Å². The molecule has 1 atom stereocenters. The number of carbonyl (C=O) groups is 1. The monoisotopic (exact) mass is 485 g/mol. The number of nitrogens with zero attached hydrogens (tertiary/aromatic N) is 5. The number of hydrogen-bond donors (Lipinski definition) is 2. The predicted octanol–water partition coefficient (Wildman–Crippen LogP) is 2.63. The molecule has 4 rings (SSSR count). The summed E-state index contributed by atoms with van der Waals surface area (Å²) in [6.45, 7) is 9.37. The van der Waals surface area contributed by atoms with Gasteiger partial charge in [-0.1, -0.05) is 19.9 Å². The molecule has 0 fully saturated rings. The van der Waals surface area contributed by atoms with Crippen LogP contribution in [0, 0.1) is 0 Å². The molecule has 0 spiro atoms. The second-order valence-electron chi connectivity index (χ2n) is 9.48. The second-order valence-corrected chi connectivity index (χ2v) is 11.0. The van der Waals surface area contributed by atoms with Gasteiger partial charge in [-0.05, 0) is 37.3 Å². The van der Waals surface area contributed by atoms with Crippen LogP contribution in [0.1, 0.15) is 57.1 Å². The van der Waals surface area contributed by atoms with E-state index in [1.807, 2.05) is 26.2 Å². The van der Waals surface area contributed by atoms with Gasteiger partial charge in [0.15, 0.2) is 5.82 Å². The molecule has 34 heavy (non-hydrogen) atoms. The summed E-state index contributed by atoms with van der Waals surface area (Å²) in [5, 5.41) is 3.29. The van der Waals surface area contributed by atoms with Crippen molar-refractivity contribution in [2.75, 3.05) is 35.7 Å². The van der Waals surface area contributed by atoms with E-state index in [0.717, 1.165) is 35.6 Å². The van der Waals surface area contributed by atoms with Crippen LogP contribution >= 0.6 is 0 Å². The summed E-state index contributed by atoms with van der Waals surface area (Å²) < 4.78 is 17.6. The van der Waals surface area contributed by atoms with Crippen LogP contribution in [0.15, 0.2) is 23.4 Å². The third kappa shape index (κ3) is 5.35. The number of amides is 1. The zero-order valence-corrected chi connectivity index (χ0v) is 20.8. The topological polar surface area (TPSA) is 136 Å². The van der Waals surface area contributed by atoms with Crippen molar-refractivity contribution in [3.63, 3.8) is 0 Å². The SMILES string of the molecule is CC(C)c1cnc(C2=CCN(c3nc4c(c(NC(C)(C)COC(N)=O)n3)S(=O)CC4)CC2)nc1. The molecule has 10 nitrogen and oxygen atoms in total. The van der Waals surface area contributed by atoms with Crippen molar-refractivity contribution in [2.45, 2.75) is 56.9 Å². The standard InChI is InChI=1S/C23H31N7O3S/c1-14(2)16-11-25-19(26-12-16)15-5-8-30(9-6-15)22-27-17-7-10-34(32)18(17)20(28-22)29-23(3,4)13-33-21(24)31/h5,11-12,14H,6-10,13H2,1-4H3,(H2,24,31)(H,27,28,29). The number of aromatic nitrogens is 4. The van der Waals surface area contributed by atoms with Crippen molar-refractivity contribution < 1.29 is 13.7 Å². The molecule has 0 radical (unpaired) electrons. The molecule has 2 aromatic heterocycles. The van der Waals surface area contributed by atoms with Gasteiger partial charge in [0.1, 0.15) is 17.3 Å². The number of primary amides is 1. The zero-order chi connectivity index (χ0) is 24.5. The molecule has 182 valence electrons. The lowest BCUT2D eigenvalue weighted by Crippen LogP contribution is -2.39. The summed E-state index contributed by atoms with van der Waals surface area (Å²) in [7, 11) is -1.17. The minimum absolute atomic E-state index is 0.0501. The lowest BCUT2D eigenvalue weighted by Gasteiger charge is -2.29. The van der Waals surface area contributed by atoms with Crippen LogP contribution in [0.25, 0.3) is 5.57 Å². The van der Waals surface area contributed by atoms with Crippen molar-refractivity contribution in [3.8, 4) is 0 Å². The Hall–Kier alpha value is -3.08. The van der Waals surface area contributed by atoms with Crippen LogP contribution in [0.3, 0.4) is 0 Å². The second kappa shape index (κ2) is 9.65. The number of ether oxygens (including phenoxy) is 1. The van der Waals surface area contributed by atoms with Gasteiger partial charge in [0.05, 0.1) is 22.0 Å². The number of carbonyl (C=O) groups excluding carboxylic acids is 1. The van der Waals surface area contributed by atoms with Crippen molar-refractivity contribution in [1.29, 1.82) is 0 Å². The fraction of sp³-hybridized carbons (Fsp3) is 0.522. The molecule has 2 aliphatic rings. The Morgan fingerprint density at radius 3 is 2.62 bits per heavy atom. The molecule has 3 N–H and O–H groups in total. The Bertz CT molecular complexity index is 1130. The lowest BCUT2D eigenvalue weighted by molar-refractivity contribution is 0.138. The van der Waals surface area contributed by atoms with Crippen LogP contribution in [-0.4, -0.2) is 61.2 Å². The molecule has 0 bridgehead atoms. The van der Waals surface area contributed by atoms with E-state index in [2.05, 4.69) is 40.1 Å². The number of fused-ring (bicyclic) bond motifs is 1. The summed E-state index contributed by atoms with van der Waals surface area (Å²) in [5.74, 6) is 2.77. The molecule has 2 aliphatic heterocycles. The molecule has 0 aromatic carbocycles. The van der Waals surface area contributed by atoms with Gasteiger partial charge in [-0.15, -0.1) is 0 Å². The number of nitrogens with one attached hydrogen (secondary N) is 1. The maximum Gasteiger partial charge on any atom is 0.404 e. The summed E-state index contributed by atoms with van der Waals surface area (Å²) in [6, 6.07) is 0. The van der Waals surface area contributed by atoms with Gasteiger partial charge in [0.25, 0.3) is 0 Å². The number of anilines is 2. The van der Waals surface area contributed by atoms with Gasteiger partial charge in [-0.3, -0.25) is 4.21 Å². The summed E-state index contributed by atoms with van der Waals surface area (Å²) >= 11 is 0. The molecule has 0 saturated heterocycles. The number of hydrogen-bond acceptors (Lipinski definition) is 9. The maximum absolute atomic E-state index is 12.6. The van der Waals surface area contributed by atoms with Crippen molar-refractivity contribution in [3.05, 3.63) is 35.6 Å².